The highest BCUT2D eigenvalue weighted by Crippen LogP contribution is 2.16. The van der Waals surface area contributed by atoms with Crippen LogP contribution in [-0.4, -0.2) is 54.9 Å². The Balaban J connectivity index is 1.52. The van der Waals surface area contributed by atoms with Crippen LogP contribution in [0.3, 0.4) is 0 Å². The zero-order valence-corrected chi connectivity index (χ0v) is 19.1. The molecule has 0 aliphatic carbocycles. The van der Waals surface area contributed by atoms with Crippen molar-refractivity contribution < 1.29 is 18.8 Å². The minimum Gasteiger partial charge on any atom is -0.463 e. The second-order valence-electron chi connectivity index (χ2n) is 7.34. The van der Waals surface area contributed by atoms with Crippen LogP contribution in [0.25, 0.3) is 5.69 Å². The molecule has 1 aliphatic rings. The van der Waals surface area contributed by atoms with Crippen LogP contribution >= 0.6 is 12.2 Å². The fraction of sp³-hybridized carbons (Fsp3) is 0.182. The van der Waals surface area contributed by atoms with Crippen molar-refractivity contribution in [3.05, 3.63) is 70.5 Å². The van der Waals surface area contributed by atoms with Crippen LogP contribution in [0, 0.1) is 6.92 Å². The molecule has 1 N–H and O–H groups in total. The first-order valence-corrected chi connectivity index (χ1v) is 10.6. The van der Waals surface area contributed by atoms with Crippen LogP contribution in [0.2, 0.25) is 0 Å². The molecule has 3 heterocycles. The minimum absolute atomic E-state index is 0.207. The molecule has 34 heavy (non-hydrogen) atoms. The maximum absolute atomic E-state index is 13.0. The van der Waals surface area contributed by atoms with Gasteiger partial charge in [0, 0.05) is 7.05 Å². The number of nitrogens with one attached hydrogen (secondary N) is 1. The smallest absolute Gasteiger partial charge is 0.295 e. The number of aromatic nitrogens is 2. The van der Waals surface area contributed by atoms with Gasteiger partial charge in [0.25, 0.3) is 17.4 Å². The standard InChI is InChI=1S/C22H20N6O5S/c1-14-20(21(32)28(25(14)2)15-7-4-3-5-8-15)23-13-19(31)26-17(29)11-18(30)27(22(26)34)24-12-16-9-6-10-33-16/h3-10,12,23H,11,13H2,1-2H3/b24-12+. The number of hydrazone groups is 1. The molecule has 0 bridgehead atoms. The molecule has 3 amide bonds. The number of carbonyl (C=O) groups excluding carboxylic acids is 3. The van der Waals surface area contributed by atoms with Gasteiger partial charge in [-0.2, -0.15) is 10.1 Å². The summed E-state index contributed by atoms with van der Waals surface area (Å²) in [5.41, 5.74) is 1.10. The Morgan fingerprint density at radius 2 is 1.88 bits per heavy atom. The normalized spacial score (nSPS) is 14.4. The molecule has 0 radical (unpaired) electrons. The van der Waals surface area contributed by atoms with E-state index in [0.29, 0.717) is 22.0 Å². The molecule has 0 atom stereocenters. The lowest BCUT2D eigenvalue weighted by molar-refractivity contribution is -0.145. The molecular weight excluding hydrogens is 460 g/mol. The number of benzene rings is 1. The van der Waals surface area contributed by atoms with Crippen LogP contribution in [0.15, 0.2) is 63.0 Å². The van der Waals surface area contributed by atoms with Gasteiger partial charge in [-0.25, -0.2) is 9.58 Å². The van der Waals surface area contributed by atoms with Gasteiger partial charge >= 0.3 is 0 Å². The summed E-state index contributed by atoms with van der Waals surface area (Å²) in [6.07, 6.45) is 2.10. The second-order valence-corrected chi connectivity index (χ2v) is 7.70. The largest absolute Gasteiger partial charge is 0.463 e. The number of nitrogens with zero attached hydrogens (tertiary/aromatic N) is 5. The Morgan fingerprint density at radius 3 is 2.56 bits per heavy atom. The fourth-order valence-corrected chi connectivity index (χ4v) is 3.80. The first kappa shape index (κ1) is 22.9. The summed E-state index contributed by atoms with van der Waals surface area (Å²) in [6.45, 7) is 1.33. The third-order valence-corrected chi connectivity index (χ3v) is 5.58. The van der Waals surface area contributed by atoms with Crippen LogP contribution in [0.5, 0.6) is 0 Å². The van der Waals surface area contributed by atoms with Crippen molar-refractivity contribution in [1.82, 2.24) is 19.3 Å². The summed E-state index contributed by atoms with van der Waals surface area (Å²) < 4.78 is 8.24. The van der Waals surface area contributed by atoms with E-state index in [1.165, 1.54) is 17.2 Å². The van der Waals surface area contributed by atoms with Gasteiger partial charge in [-0.3, -0.25) is 23.9 Å². The summed E-state index contributed by atoms with van der Waals surface area (Å²) in [5.74, 6) is -1.80. The molecule has 174 valence electrons. The number of hydrogen-bond donors (Lipinski definition) is 1. The van der Waals surface area contributed by atoms with Crippen molar-refractivity contribution in [3.63, 3.8) is 0 Å². The molecule has 1 aromatic carbocycles. The van der Waals surface area contributed by atoms with Crippen molar-refractivity contribution in [2.75, 3.05) is 11.9 Å². The Hall–Kier alpha value is -4.32. The van der Waals surface area contributed by atoms with Crippen molar-refractivity contribution in [3.8, 4) is 5.69 Å². The van der Waals surface area contributed by atoms with Gasteiger partial charge < -0.3 is 9.73 Å². The van der Waals surface area contributed by atoms with Gasteiger partial charge in [0.05, 0.1) is 30.4 Å². The predicted molar refractivity (Wildman–Crippen MR) is 126 cm³/mol. The number of amides is 3. The summed E-state index contributed by atoms with van der Waals surface area (Å²) in [6, 6.07) is 12.3. The molecule has 0 unspecified atom stereocenters. The molecule has 12 heteroatoms. The van der Waals surface area contributed by atoms with E-state index >= 15 is 0 Å². The Labute approximate surface area is 198 Å². The van der Waals surface area contributed by atoms with Crippen molar-refractivity contribution in [1.29, 1.82) is 0 Å². The monoisotopic (exact) mass is 480 g/mol. The minimum atomic E-state index is -0.766. The van der Waals surface area contributed by atoms with Crippen LogP contribution in [0.1, 0.15) is 17.9 Å². The average Bonchev–Trinajstić information content (AvgIpc) is 3.39. The fourth-order valence-electron chi connectivity index (χ4n) is 3.45. The highest BCUT2D eigenvalue weighted by molar-refractivity contribution is 7.80. The quantitative estimate of drug-likeness (QED) is 0.321. The number of para-hydroxylation sites is 1. The molecule has 0 saturated carbocycles. The summed E-state index contributed by atoms with van der Waals surface area (Å²) in [5, 5.41) is 7.19. The number of imide groups is 1. The van der Waals surface area contributed by atoms with E-state index in [1.54, 1.807) is 42.9 Å². The Morgan fingerprint density at radius 1 is 1.15 bits per heavy atom. The maximum atomic E-state index is 13.0. The number of furan rings is 1. The van der Waals surface area contributed by atoms with Crippen LogP contribution < -0.4 is 10.9 Å². The lowest BCUT2D eigenvalue weighted by Crippen LogP contribution is -2.56. The maximum Gasteiger partial charge on any atom is 0.295 e. The predicted octanol–water partition coefficient (Wildman–Crippen LogP) is 1.40. The molecule has 3 aromatic rings. The topological polar surface area (TPSA) is 122 Å². The second kappa shape index (κ2) is 9.27. The van der Waals surface area contributed by atoms with E-state index in [1.807, 2.05) is 18.2 Å². The Kier molecular flexibility index (Phi) is 6.23. The summed E-state index contributed by atoms with van der Waals surface area (Å²) in [7, 11) is 1.72. The van der Waals surface area contributed by atoms with Crippen molar-refractivity contribution in [2.24, 2.45) is 12.1 Å². The molecule has 1 fully saturated rings. The van der Waals surface area contributed by atoms with Gasteiger partial charge in [-0.15, -0.1) is 0 Å². The van der Waals surface area contributed by atoms with Gasteiger partial charge in [-0.05, 0) is 43.4 Å². The zero-order valence-electron chi connectivity index (χ0n) is 18.3. The highest BCUT2D eigenvalue weighted by atomic mass is 32.1. The number of carbonyl (C=O) groups is 3. The van der Waals surface area contributed by atoms with Gasteiger partial charge in [0.2, 0.25) is 11.0 Å². The molecule has 4 rings (SSSR count). The summed E-state index contributed by atoms with van der Waals surface area (Å²) in [4.78, 5) is 51.3. The van der Waals surface area contributed by atoms with Crippen LogP contribution in [0.4, 0.5) is 5.69 Å². The highest BCUT2D eigenvalue weighted by Gasteiger charge is 2.39. The van der Waals surface area contributed by atoms with Crippen LogP contribution in [-0.2, 0) is 21.4 Å². The van der Waals surface area contributed by atoms with E-state index in [0.717, 1.165) is 5.01 Å². The Bertz CT molecular complexity index is 1360. The SMILES string of the molecule is Cc1c(NCC(=O)N2C(=O)CC(=O)N(/N=C/c3ccco3)C2=S)c(=O)n(-c2ccccc2)n1C. The third-order valence-electron chi connectivity index (χ3n) is 5.22. The number of rotatable bonds is 6. The van der Waals surface area contributed by atoms with Gasteiger partial charge in [0.15, 0.2) is 0 Å². The number of anilines is 1. The van der Waals surface area contributed by atoms with Crippen molar-refractivity contribution in [2.45, 2.75) is 13.3 Å². The number of hydrogen-bond acceptors (Lipinski definition) is 8. The van der Waals surface area contributed by atoms with E-state index < -0.39 is 30.7 Å². The lowest BCUT2D eigenvalue weighted by Gasteiger charge is -2.30. The molecular formula is C22H20N6O5S. The molecule has 2 aromatic heterocycles. The molecule has 1 aliphatic heterocycles. The first-order valence-electron chi connectivity index (χ1n) is 10.2. The molecule has 1 saturated heterocycles. The zero-order chi connectivity index (χ0) is 24.4. The van der Waals surface area contributed by atoms with E-state index in [2.05, 4.69) is 10.4 Å². The van der Waals surface area contributed by atoms with Crippen molar-refractivity contribution >= 4 is 47.0 Å². The molecule has 0 spiro atoms. The average molecular weight is 481 g/mol. The van der Waals surface area contributed by atoms with E-state index in [4.69, 9.17) is 16.6 Å². The van der Waals surface area contributed by atoms with E-state index in [9.17, 15) is 19.2 Å². The third kappa shape index (κ3) is 4.18. The first-order chi connectivity index (χ1) is 16.3. The van der Waals surface area contributed by atoms with E-state index in [-0.39, 0.29) is 16.4 Å². The lowest BCUT2D eigenvalue weighted by atomic mass is 10.2. The molecule has 11 nitrogen and oxygen atoms in total. The number of thiocarbonyl (C=S) groups is 1. The van der Waals surface area contributed by atoms with Gasteiger partial charge in [0.1, 0.15) is 17.9 Å². The summed E-state index contributed by atoms with van der Waals surface area (Å²) >= 11 is 5.19. The van der Waals surface area contributed by atoms with Gasteiger partial charge in [-0.1, -0.05) is 18.2 Å².